The van der Waals surface area contributed by atoms with E-state index in [0.717, 1.165) is 25.7 Å². The number of anilines is 1. The molecule has 19 heavy (non-hydrogen) atoms. The second-order valence-electron chi connectivity index (χ2n) is 5.29. The number of carbonyl (C=O) groups is 1. The first-order valence-electron chi connectivity index (χ1n) is 6.50. The highest BCUT2D eigenvalue weighted by Gasteiger charge is 2.33. The third-order valence-corrected chi connectivity index (χ3v) is 4.19. The number of hydrogen-bond acceptors (Lipinski definition) is 3. The monoisotopic (exact) mass is 282 g/mol. The standard InChI is InChI=1S/C14H19ClN2O2/c15-12-4-3-10(16)7-11(12)13(19)17-8-14(9-18)5-1-2-6-14/h3-4,7,18H,1-2,5-6,8-9,16H2,(H,17,19). The highest BCUT2D eigenvalue weighted by Crippen LogP contribution is 2.37. The minimum atomic E-state index is -0.239. The minimum Gasteiger partial charge on any atom is -0.399 e. The maximum absolute atomic E-state index is 12.1. The van der Waals surface area contributed by atoms with Crippen molar-refractivity contribution in [3.8, 4) is 0 Å². The first-order valence-corrected chi connectivity index (χ1v) is 6.88. The molecule has 1 amide bonds. The van der Waals surface area contributed by atoms with Gasteiger partial charge in [-0.15, -0.1) is 0 Å². The zero-order valence-corrected chi connectivity index (χ0v) is 11.5. The molecule has 4 nitrogen and oxygen atoms in total. The Morgan fingerprint density at radius 2 is 2.11 bits per heavy atom. The van der Waals surface area contributed by atoms with Crippen molar-refractivity contribution in [2.45, 2.75) is 25.7 Å². The summed E-state index contributed by atoms with van der Waals surface area (Å²) in [6, 6.07) is 4.84. The molecule has 1 fully saturated rings. The minimum absolute atomic E-state index is 0.109. The maximum Gasteiger partial charge on any atom is 0.252 e. The summed E-state index contributed by atoms with van der Waals surface area (Å²) >= 11 is 5.99. The van der Waals surface area contributed by atoms with Crippen molar-refractivity contribution in [2.75, 3.05) is 18.9 Å². The van der Waals surface area contributed by atoms with Gasteiger partial charge in [-0.3, -0.25) is 4.79 Å². The molecule has 5 heteroatoms. The Morgan fingerprint density at radius 3 is 2.74 bits per heavy atom. The van der Waals surface area contributed by atoms with Crippen LogP contribution in [0.15, 0.2) is 18.2 Å². The number of halogens is 1. The van der Waals surface area contributed by atoms with Crippen LogP contribution < -0.4 is 11.1 Å². The van der Waals surface area contributed by atoms with Gasteiger partial charge in [0.25, 0.3) is 5.91 Å². The molecule has 104 valence electrons. The Balaban J connectivity index is 2.03. The average Bonchev–Trinajstić information content (AvgIpc) is 2.88. The van der Waals surface area contributed by atoms with Gasteiger partial charge in [-0.05, 0) is 31.0 Å². The molecule has 0 atom stereocenters. The van der Waals surface area contributed by atoms with Crippen LogP contribution in [-0.2, 0) is 0 Å². The number of rotatable bonds is 4. The highest BCUT2D eigenvalue weighted by atomic mass is 35.5. The van der Waals surface area contributed by atoms with Crippen molar-refractivity contribution in [1.82, 2.24) is 5.32 Å². The van der Waals surface area contributed by atoms with Gasteiger partial charge in [-0.1, -0.05) is 24.4 Å². The van der Waals surface area contributed by atoms with Crippen LogP contribution in [0.1, 0.15) is 36.0 Å². The average molecular weight is 283 g/mol. The van der Waals surface area contributed by atoms with E-state index >= 15 is 0 Å². The van der Waals surface area contributed by atoms with E-state index in [4.69, 9.17) is 17.3 Å². The number of aliphatic hydroxyl groups is 1. The van der Waals surface area contributed by atoms with E-state index in [0.29, 0.717) is 22.8 Å². The lowest BCUT2D eigenvalue weighted by Crippen LogP contribution is -2.38. The van der Waals surface area contributed by atoms with Crippen molar-refractivity contribution in [3.63, 3.8) is 0 Å². The summed E-state index contributed by atoms with van der Waals surface area (Å²) in [7, 11) is 0. The van der Waals surface area contributed by atoms with Gasteiger partial charge >= 0.3 is 0 Å². The van der Waals surface area contributed by atoms with E-state index < -0.39 is 0 Å². The third kappa shape index (κ3) is 3.19. The van der Waals surface area contributed by atoms with E-state index in [9.17, 15) is 9.90 Å². The van der Waals surface area contributed by atoms with E-state index in [1.165, 1.54) is 0 Å². The van der Waals surface area contributed by atoms with E-state index in [1.807, 2.05) is 0 Å². The summed E-state index contributed by atoms with van der Waals surface area (Å²) in [5, 5.41) is 12.7. The predicted octanol–water partition coefficient (Wildman–Crippen LogP) is 2.20. The van der Waals surface area contributed by atoms with Gasteiger partial charge in [0.1, 0.15) is 0 Å². The molecular weight excluding hydrogens is 264 g/mol. The summed E-state index contributed by atoms with van der Waals surface area (Å²) in [6.45, 7) is 0.589. The molecule has 1 aromatic carbocycles. The molecule has 0 saturated heterocycles. The highest BCUT2D eigenvalue weighted by molar-refractivity contribution is 6.34. The van der Waals surface area contributed by atoms with Crippen LogP contribution in [0.5, 0.6) is 0 Å². The Kier molecular flexibility index (Phi) is 4.32. The number of amides is 1. The number of nitrogens with two attached hydrogens (primary N) is 1. The van der Waals surface area contributed by atoms with Gasteiger partial charge in [0.05, 0.1) is 17.2 Å². The fourth-order valence-electron chi connectivity index (χ4n) is 2.60. The normalized spacial score (nSPS) is 17.4. The Bertz CT molecular complexity index is 471. The smallest absolute Gasteiger partial charge is 0.252 e. The fraction of sp³-hybridized carbons (Fsp3) is 0.500. The SMILES string of the molecule is Nc1ccc(Cl)c(C(=O)NCC2(CO)CCCC2)c1. The summed E-state index contributed by atoms with van der Waals surface area (Å²) in [5.74, 6) is -0.239. The van der Waals surface area contributed by atoms with Gasteiger partial charge in [0.15, 0.2) is 0 Å². The lowest BCUT2D eigenvalue weighted by Gasteiger charge is -2.26. The van der Waals surface area contributed by atoms with Crippen molar-refractivity contribution < 1.29 is 9.90 Å². The second-order valence-corrected chi connectivity index (χ2v) is 5.69. The maximum atomic E-state index is 12.1. The van der Waals surface area contributed by atoms with Crippen molar-refractivity contribution in [1.29, 1.82) is 0 Å². The van der Waals surface area contributed by atoms with Crippen LogP contribution in [-0.4, -0.2) is 24.2 Å². The lowest BCUT2D eigenvalue weighted by molar-refractivity contribution is 0.0881. The molecule has 0 heterocycles. The molecule has 1 aliphatic carbocycles. The number of nitrogen functional groups attached to an aromatic ring is 1. The molecule has 0 bridgehead atoms. The molecule has 0 aromatic heterocycles. The van der Waals surface area contributed by atoms with Gasteiger partial charge in [-0.2, -0.15) is 0 Å². The molecule has 1 saturated carbocycles. The zero-order chi connectivity index (χ0) is 13.9. The van der Waals surface area contributed by atoms with Crippen LogP contribution in [0.2, 0.25) is 5.02 Å². The lowest BCUT2D eigenvalue weighted by atomic mass is 9.87. The number of benzene rings is 1. The number of hydrogen-bond donors (Lipinski definition) is 3. The molecule has 0 aliphatic heterocycles. The summed E-state index contributed by atoms with van der Waals surface area (Å²) < 4.78 is 0. The number of carbonyl (C=O) groups excluding carboxylic acids is 1. The molecule has 1 aromatic rings. The Labute approximate surface area is 117 Å². The van der Waals surface area contributed by atoms with Gasteiger partial charge in [0, 0.05) is 17.6 Å². The largest absolute Gasteiger partial charge is 0.399 e. The van der Waals surface area contributed by atoms with Crippen molar-refractivity contribution in [3.05, 3.63) is 28.8 Å². The molecule has 0 spiro atoms. The molecule has 0 radical (unpaired) electrons. The topological polar surface area (TPSA) is 75.4 Å². The van der Waals surface area contributed by atoms with Gasteiger partial charge < -0.3 is 16.2 Å². The van der Waals surface area contributed by atoms with E-state index in [-0.39, 0.29) is 17.9 Å². The van der Waals surface area contributed by atoms with Crippen LogP contribution >= 0.6 is 11.6 Å². The summed E-state index contributed by atoms with van der Waals surface area (Å²) in [6.07, 6.45) is 4.12. The second kappa shape index (κ2) is 5.80. The Morgan fingerprint density at radius 1 is 1.42 bits per heavy atom. The van der Waals surface area contributed by atoms with Gasteiger partial charge in [0.2, 0.25) is 0 Å². The third-order valence-electron chi connectivity index (χ3n) is 3.86. The molecule has 4 N–H and O–H groups in total. The predicted molar refractivity (Wildman–Crippen MR) is 76.2 cm³/mol. The van der Waals surface area contributed by atoms with Crippen LogP contribution in [0.4, 0.5) is 5.69 Å². The molecule has 1 aliphatic rings. The first kappa shape index (κ1) is 14.2. The van der Waals surface area contributed by atoms with Crippen LogP contribution in [0.3, 0.4) is 0 Å². The molecule has 2 rings (SSSR count). The van der Waals surface area contributed by atoms with Crippen molar-refractivity contribution in [2.24, 2.45) is 5.41 Å². The first-order chi connectivity index (χ1) is 9.06. The molecular formula is C14H19ClN2O2. The van der Waals surface area contributed by atoms with Crippen molar-refractivity contribution >= 4 is 23.2 Å². The summed E-state index contributed by atoms with van der Waals surface area (Å²) in [5.41, 5.74) is 6.38. The van der Waals surface area contributed by atoms with E-state index in [2.05, 4.69) is 5.32 Å². The summed E-state index contributed by atoms with van der Waals surface area (Å²) in [4.78, 5) is 12.1. The van der Waals surface area contributed by atoms with Gasteiger partial charge in [-0.25, -0.2) is 0 Å². The molecule has 0 unspecified atom stereocenters. The van der Waals surface area contributed by atoms with Crippen LogP contribution in [0, 0.1) is 5.41 Å². The number of aliphatic hydroxyl groups excluding tert-OH is 1. The zero-order valence-electron chi connectivity index (χ0n) is 10.8. The fourth-order valence-corrected chi connectivity index (χ4v) is 2.80. The Hall–Kier alpha value is -1.26. The quantitative estimate of drug-likeness (QED) is 0.741. The number of nitrogens with one attached hydrogen (secondary N) is 1. The van der Waals surface area contributed by atoms with Crippen LogP contribution in [0.25, 0.3) is 0 Å². The van der Waals surface area contributed by atoms with E-state index in [1.54, 1.807) is 18.2 Å².